The summed E-state index contributed by atoms with van der Waals surface area (Å²) in [4.78, 5) is 13.1. The minimum Gasteiger partial charge on any atom is -0.352 e. The smallest absolute Gasteiger partial charge is 0.230 e. The Bertz CT molecular complexity index is 524. The molecule has 1 amide bonds. The van der Waals surface area contributed by atoms with Crippen molar-refractivity contribution in [3.05, 3.63) is 35.9 Å². The van der Waals surface area contributed by atoms with Crippen molar-refractivity contribution >= 4 is 5.91 Å². The molecule has 2 heterocycles. The van der Waals surface area contributed by atoms with E-state index in [9.17, 15) is 4.79 Å². The molecule has 1 saturated carbocycles. The quantitative estimate of drug-likeness (QED) is 0.901. The van der Waals surface area contributed by atoms with Crippen LogP contribution in [0.3, 0.4) is 0 Å². The Kier molecular flexibility index (Phi) is 3.69. The summed E-state index contributed by atoms with van der Waals surface area (Å²) in [6.45, 7) is 0. The van der Waals surface area contributed by atoms with Crippen LogP contribution in [0.1, 0.15) is 56.9 Å². The Hall–Kier alpha value is -1.35. The van der Waals surface area contributed by atoms with Crippen molar-refractivity contribution in [1.29, 1.82) is 0 Å². The summed E-state index contributed by atoms with van der Waals surface area (Å²) in [6.07, 6.45) is 9.10. The van der Waals surface area contributed by atoms with E-state index in [-0.39, 0.29) is 11.3 Å². The Labute approximate surface area is 132 Å². The second kappa shape index (κ2) is 5.69. The Balaban J connectivity index is 1.52. The van der Waals surface area contributed by atoms with E-state index in [0.717, 1.165) is 25.7 Å². The number of fused-ring (bicyclic) bond motifs is 2. The average molecular weight is 298 g/mol. The van der Waals surface area contributed by atoms with Gasteiger partial charge in [0.15, 0.2) is 0 Å². The molecular formula is C19H26N2O. The first-order valence-electron chi connectivity index (χ1n) is 8.89. The van der Waals surface area contributed by atoms with E-state index in [2.05, 4.69) is 34.9 Å². The number of rotatable bonds is 3. The highest BCUT2D eigenvalue weighted by Gasteiger charge is 2.44. The van der Waals surface area contributed by atoms with Crippen LogP contribution in [0, 0.1) is 0 Å². The highest BCUT2D eigenvalue weighted by molar-refractivity contribution is 5.88. The van der Waals surface area contributed by atoms with Crippen LogP contribution in [0.15, 0.2) is 30.3 Å². The van der Waals surface area contributed by atoms with Crippen LogP contribution in [0.2, 0.25) is 0 Å². The molecule has 118 valence electrons. The maximum absolute atomic E-state index is 13.1. The first kappa shape index (κ1) is 14.3. The molecule has 4 rings (SSSR count). The Morgan fingerprint density at radius 2 is 1.68 bits per heavy atom. The highest BCUT2D eigenvalue weighted by atomic mass is 16.2. The molecule has 0 aromatic heterocycles. The van der Waals surface area contributed by atoms with Crippen LogP contribution in [0.4, 0.5) is 0 Å². The second-order valence-corrected chi connectivity index (χ2v) is 7.43. The van der Waals surface area contributed by atoms with Crippen LogP contribution >= 0.6 is 0 Å². The summed E-state index contributed by atoms with van der Waals surface area (Å²) in [5.41, 5.74) is 0.937. The molecular weight excluding hydrogens is 272 g/mol. The van der Waals surface area contributed by atoms with Gasteiger partial charge in [-0.15, -0.1) is 0 Å². The molecule has 2 N–H and O–H groups in total. The molecule has 3 aliphatic rings. The summed E-state index contributed by atoms with van der Waals surface area (Å²) in [5, 5.41) is 7.07. The monoisotopic (exact) mass is 298 g/mol. The van der Waals surface area contributed by atoms with Gasteiger partial charge < -0.3 is 10.6 Å². The number of piperidine rings is 1. The maximum Gasteiger partial charge on any atom is 0.230 e. The zero-order valence-electron chi connectivity index (χ0n) is 13.2. The third-order valence-electron chi connectivity index (χ3n) is 6.03. The fraction of sp³-hybridized carbons (Fsp3) is 0.632. The van der Waals surface area contributed by atoms with E-state index >= 15 is 0 Å². The predicted octanol–water partition coefficient (Wildman–Crippen LogP) is 2.90. The van der Waals surface area contributed by atoms with E-state index in [1.165, 1.54) is 31.2 Å². The van der Waals surface area contributed by atoms with E-state index < -0.39 is 0 Å². The summed E-state index contributed by atoms with van der Waals surface area (Å²) >= 11 is 0. The lowest BCUT2D eigenvalue weighted by Crippen LogP contribution is -2.52. The molecule has 3 heteroatoms. The lowest BCUT2D eigenvalue weighted by molar-refractivity contribution is -0.127. The number of amides is 1. The highest BCUT2D eigenvalue weighted by Crippen LogP contribution is 2.41. The van der Waals surface area contributed by atoms with Crippen LogP contribution in [0.25, 0.3) is 0 Å². The number of carbonyl (C=O) groups excluding carboxylic acids is 1. The lowest BCUT2D eigenvalue weighted by Gasteiger charge is -2.34. The molecule has 1 aromatic rings. The van der Waals surface area contributed by atoms with Gasteiger partial charge in [-0.2, -0.15) is 0 Å². The third kappa shape index (κ3) is 2.45. The van der Waals surface area contributed by atoms with Crippen molar-refractivity contribution < 1.29 is 4.79 Å². The molecule has 2 saturated heterocycles. The van der Waals surface area contributed by atoms with Crippen LogP contribution in [-0.4, -0.2) is 24.0 Å². The number of hydrogen-bond acceptors (Lipinski definition) is 2. The molecule has 22 heavy (non-hydrogen) atoms. The zero-order chi connectivity index (χ0) is 15.0. The average Bonchev–Trinajstić information content (AvgIpc) is 3.16. The van der Waals surface area contributed by atoms with Crippen molar-refractivity contribution in [3.63, 3.8) is 0 Å². The predicted molar refractivity (Wildman–Crippen MR) is 87.7 cm³/mol. The first-order chi connectivity index (χ1) is 10.8. The van der Waals surface area contributed by atoms with E-state index in [1.807, 2.05) is 6.07 Å². The van der Waals surface area contributed by atoms with Gasteiger partial charge in [0, 0.05) is 18.1 Å². The van der Waals surface area contributed by atoms with Gasteiger partial charge in [-0.1, -0.05) is 43.2 Å². The van der Waals surface area contributed by atoms with E-state index in [1.54, 1.807) is 0 Å². The summed E-state index contributed by atoms with van der Waals surface area (Å²) in [6, 6.07) is 12.1. The standard InChI is InChI=1S/C19H26N2O/c22-18(21-17-12-15-8-9-16(13-17)20-15)19(10-4-5-11-19)14-6-2-1-3-7-14/h1-3,6-7,15-17,20H,4-5,8-13H2,(H,21,22). The SMILES string of the molecule is O=C(NC1CC2CCC(C1)N2)C1(c2ccccc2)CCCC1. The molecule has 3 fully saturated rings. The number of carbonyl (C=O) groups is 1. The van der Waals surface area contributed by atoms with Crippen molar-refractivity contribution in [2.45, 2.75) is 74.9 Å². The van der Waals surface area contributed by atoms with Gasteiger partial charge in [0.2, 0.25) is 5.91 Å². The minimum absolute atomic E-state index is 0.273. The van der Waals surface area contributed by atoms with Crippen LogP contribution in [0.5, 0.6) is 0 Å². The molecule has 0 spiro atoms. The van der Waals surface area contributed by atoms with Crippen molar-refractivity contribution in [2.75, 3.05) is 0 Å². The molecule has 2 aliphatic heterocycles. The van der Waals surface area contributed by atoms with E-state index in [0.29, 0.717) is 18.1 Å². The molecule has 0 radical (unpaired) electrons. The Morgan fingerprint density at radius 3 is 2.32 bits per heavy atom. The van der Waals surface area contributed by atoms with Gasteiger partial charge in [0.25, 0.3) is 0 Å². The third-order valence-corrected chi connectivity index (χ3v) is 6.03. The summed E-state index contributed by atoms with van der Waals surface area (Å²) < 4.78 is 0. The van der Waals surface area contributed by atoms with Gasteiger partial charge in [-0.05, 0) is 44.1 Å². The van der Waals surface area contributed by atoms with Gasteiger partial charge in [0.1, 0.15) is 0 Å². The van der Waals surface area contributed by atoms with Crippen molar-refractivity contribution in [3.8, 4) is 0 Å². The lowest BCUT2D eigenvalue weighted by atomic mass is 9.77. The fourth-order valence-corrected chi connectivity index (χ4v) is 4.88. The number of hydrogen-bond donors (Lipinski definition) is 2. The van der Waals surface area contributed by atoms with E-state index in [4.69, 9.17) is 0 Å². The molecule has 2 atom stereocenters. The van der Waals surface area contributed by atoms with Gasteiger partial charge >= 0.3 is 0 Å². The van der Waals surface area contributed by atoms with Crippen molar-refractivity contribution in [1.82, 2.24) is 10.6 Å². The summed E-state index contributed by atoms with van der Waals surface area (Å²) in [5.74, 6) is 0.280. The molecule has 3 nitrogen and oxygen atoms in total. The maximum atomic E-state index is 13.1. The van der Waals surface area contributed by atoms with Gasteiger partial charge in [0.05, 0.1) is 5.41 Å². The largest absolute Gasteiger partial charge is 0.352 e. The summed E-state index contributed by atoms with van der Waals surface area (Å²) in [7, 11) is 0. The minimum atomic E-state index is -0.273. The number of benzene rings is 1. The van der Waals surface area contributed by atoms with Gasteiger partial charge in [-0.3, -0.25) is 4.79 Å². The number of nitrogens with one attached hydrogen (secondary N) is 2. The first-order valence-corrected chi connectivity index (χ1v) is 8.89. The molecule has 1 aliphatic carbocycles. The molecule has 2 bridgehead atoms. The topological polar surface area (TPSA) is 41.1 Å². The molecule has 1 aromatic carbocycles. The fourth-order valence-electron chi connectivity index (χ4n) is 4.88. The van der Waals surface area contributed by atoms with Gasteiger partial charge in [-0.25, -0.2) is 0 Å². The Morgan fingerprint density at radius 1 is 1.05 bits per heavy atom. The zero-order valence-corrected chi connectivity index (χ0v) is 13.2. The normalized spacial score (nSPS) is 32.8. The van der Waals surface area contributed by atoms with Crippen LogP contribution in [-0.2, 0) is 10.2 Å². The second-order valence-electron chi connectivity index (χ2n) is 7.43. The van der Waals surface area contributed by atoms with Crippen molar-refractivity contribution in [2.24, 2.45) is 0 Å². The molecule has 2 unspecified atom stereocenters. The van der Waals surface area contributed by atoms with Crippen LogP contribution < -0.4 is 10.6 Å².